The quantitative estimate of drug-likeness (QED) is 0.401. The third-order valence-electron chi connectivity index (χ3n) is 6.68. The topological polar surface area (TPSA) is 102 Å². The molecule has 1 unspecified atom stereocenters. The van der Waals surface area contributed by atoms with Crippen LogP contribution in [-0.2, 0) is 11.2 Å². The number of rotatable bonds is 8. The number of hydrogen-bond donors (Lipinski definition) is 0. The van der Waals surface area contributed by atoms with Gasteiger partial charge in [0.1, 0.15) is 17.0 Å². The van der Waals surface area contributed by atoms with E-state index in [2.05, 4.69) is 9.97 Å². The third-order valence-corrected chi connectivity index (χ3v) is 6.68. The van der Waals surface area contributed by atoms with Crippen LogP contribution in [0.1, 0.15) is 64.1 Å². The number of hydrogen-bond acceptors (Lipinski definition) is 7. The third kappa shape index (κ3) is 6.08. The molecule has 1 aromatic heterocycles. The van der Waals surface area contributed by atoms with Crippen LogP contribution in [0.2, 0.25) is 0 Å². The molecule has 1 fully saturated rings. The van der Waals surface area contributed by atoms with E-state index in [4.69, 9.17) is 9.47 Å². The lowest BCUT2D eigenvalue weighted by molar-refractivity contribution is 0.0406. The molecule has 2 heterocycles. The molecule has 1 aliphatic heterocycles. The minimum Gasteiger partial charge on any atom is -0.497 e. The number of nitrogens with zero attached hydrogens (tertiary/aromatic N) is 4. The minimum absolute atomic E-state index is 0.0329. The Labute approximate surface area is 228 Å². The van der Waals surface area contributed by atoms with E-state index in [-0.39, 0.29) is 35.7 Å². The average Bonchev–Trinajstić information content (AvgIpc) is 2.96. The summed E-state index contributed by atoms with van der Waals surface area (Å²) in [4.78, 5) is 53.0. The van der Waals surface area contributed by atoms with Gasteiger partial charge in [0.05, 0.1) is 19.4 Å². The number of amides is 2. The van der Waals surface area contributed by atoms with Gasteiger partial charge in [-0.15, -0.1) is 0 Å². The van der Waals surface area contributed by atoms with Crippen LogP contribution in [0.4, 0.5) is 0 Å². The number of carbonyl (C=O) groups excluding carboxylic acids is 3. The Morgan fingerprint density at radius 1 is 0.974 bits per heavy atom. The molecule has 1 atom stereocenters. The van der Waals surface area contributed by atoms with Gasteiger partial charge in [0.25, 0.3) is 11.8 Å². The van der Waals surface area contributed by atoms with Crippen molar-refractivity contribution in [1.82, 2.24) is 19.8 Å². The first-order valence-electron chi connectivity index (χ1n) is 13.3. The number of esters is 1. The van der Waals surface area contributed by atoms with Crippen molar-refractivity contribution in [2.24, 2.45) is 0 Å². The molecule has 2 amide bonds. The fourth-order valence-corrected chi connectivity index (χ4v) is 4.73. The zero-order chi connectivity index (χ0) is 27.9. The van der Waals surface area contributed by atoms with Crippen molar-refractivity contribution in [3.63, 3.8) is 0 Å². The summed E-state index contributed by atoms with van der Waals surface area (Å²) in [6, 6.07) is 16.2. The van der Waals surface area contributed by atoms with Gasteiger partial charge in [-0.05, 0) is 38.5 Å². The molecule has 0 N–H and O–H groups in total. The molecule has 9 nitrogen and oxygen atoms in total. The SMILES string of the molecule is CCCc1nc(-c2ccccc2)nc(C(=O)N2CCN(C(=O)c3cccc(OC)c3)C(C)C2)c1C(=O)OCC. The van der Waals surface area contributed by atoms with Crippen LogP contribution < -0.4 is 4.74 Å². The van der Waals surface area contributed by atoms with Crippen LogP contribution in [0.3, 0.4) is 0 Å². The van der Waals surface area contributed by atoms with E-state index in [9.17, 15) is 14.4 Å². The molecule has 0 radical (unpaired) electrons. The van der Waals surface area contributed by atoms with Gasteiger partial charge in [-0.3, -0.25) is 9.59 Å². The second kappa shape index (κ2) is 12.5. The maximum Gasteiger partial charge on any atom is 0.342 e. The standard InChI is InChI=1S/C30H34N4O5/c1-5-11-24-25(30(37)39-6-2)26(32-27(31-24)21-12-8-7-9-13-21)29(36)33-16-17-34(20(3)19-33)28(35)22-14-10-15-23(18-22)38-4/h7-10,12-15,18,20H,5-6,11,16-17,19H2,1-4H3. The summed E-state index contributed by atoms with van der Waals surface area (Å²) in [5.74, 6) is -0.122. The number of aryl methyl sites for hydroxylation is 1. The predicted molar refractivity (Wildman–Crippen MR) is 147 cm³/mol. The molecule has 2 aromatic carbocycles. The van der Waals surface area contributed by atoms with E-state index < -0.39 is 5.97 Å². The Hall–Kier alpha value is -4.27. The van der Waals surface area contributed by atoms with E-state index in [0.29, 0.717) is 48.9 Å². The fourth-order valence-electron chi connectivity index (χ4n) is 4.73. The van der Waals surface area contributed by atoms with Crippen LogP contribution >= 0.6 is 0 Å². The smallest absolute Gasteiger partial charge is 0.342 e. The van der Waals surface area contributed by atoms with E-state index in [1.165, 1.54) is 0 Å². The predicted octanol–water partition coefficient (Wildman–Crippen LogP) is 4.27. The van der Waals surface area contributed by atoms with Crippen LogP contribution in [0.15, 0.2) is 54.6 Å². The first-order chi connectivity index (χ1) is 18.9. The Morgan fingerprint density at radius 3 is 2.41 bits per heavy atom. The second-order valence-corrected chi connectivity index (χ2v) is 9.38. The molecule has 0 spiro atoms. The zero-order valence-corrected chi connectivity index (χ0v) is 22.8. The van der Waals surface area contributed by atoms with Crippen molar-refractivity contribution in [1.29, 1.82) is 0 Å². The van der Waals surface area contributed by atoms with Crippen LogP contribution in [0.5, 0.6) is 5.75 Å². The summed E-state index contributed by atoms with van der Waals surface area (Å²) in [6.07, 6.45) is 1.23. The Bertz CT molecular complexity index is 1340. The van der Waals surface area contributed by atoms with Crippen molar-refractivity contribution in [3.8, 4) is 17.1 Å². The molecule has 4 rings (SSSR count). The van der Waals surface area contributed by atoms with E-state index in [1.54, 1.807) is 48.1 Å². The highest BCUT2D eigenvalue weighted by Crippen LogP contribution is 2.24. The molecule has 0 bridgehead atoms. The Morgan fingerprint density at radius 2 is 1.74 bits per heavy atom. The van der Waals surface area contributed by atoms with E-state index >= 15 is 0 Å². The lowest BCUT2D eigenvalue weighted by Crippen LogP contribution is -2.55. The lowest BCUT2D eigenvalue weighted by Gasteiger charge is -2.40. The van der Waals surface area contributed by atoms with Gasteiger partial charge < -0.3 is 19.3 Å². The van der Waals surface area contributed by atoms with E-state index in [1.807, 2.05) is 44.2 Å². The number of ether oxygens (including phenoxy) is 2. The normalized spacial score (nSPS) is 15.1. The lowest BCUT2D eigenvalue weighted by atomic mass is 10.0. The van der Waals surface area contributed by atoms with Crippen LogP contribution in [0.25, 0.3) is 11.4 Å². The molecule has 9 heteroatoms. The van der Waals surface area contributed by atoms with Gasteiger partial charge >= 0.3 is 5.97 Å². The molecule has 3 aromatic rings. The number of benzene rings is 2. The average molecular weight is 531 g/mol. The highest BCUT2D eigenvalue weighted by Gasteiger charge is 2.34. The molecular formula is C30H34N4O5. The van der Waals surface area contributed by atoms with Crippen molar-refractivity contribution >= 4 is 17.8 Å². The Kier molecular flexibility index (Phi) is 8.91. The minimum atomic E-state index is -0.608. The molecule has 1 aliphatic rings. The maximum atomic E-state index is 14.0. The maximum absolute atomic E-state index is 14.0. The van der Waals surface area contributed by atoms with Gasteiger partial charge in [-0.1, -0.05) is 49.7 Å². The number of methoxy groups -OCH3 is 1. The van der Waals surface area contributed by atoms with Crippen molar-refractivity contribution in [2.75, 3.05) is 33.4 Å². The Balaban J connectivity index is 1.66. The number of piperazine rings is 1. The van der Waals surface area contributed by atoms with Crippen LogP contribution in [0, 0.1) is 0 Å². The van der Waals surface area contributed by atoms with Crippen LogP contribution in [-0.4, -0.2) is 76.9 Å². The molecule has 39 heavy (non-hydrogen) atoms. The summed E-state index contributed by atoms with van der Waals surface area (Å²) in [7, 11) is 1.56. The molecule has 0 aliphatic carbocycles. The highest BCUT2D eigenvalue weighted by atomic mass is 16.5. The van der Waals surface area contributed by atoms with Gasteiger partial charge in [-0.2, -0.15) is 0 Å². The van der Waals surface area contributed by atoms with Gasteiger partial charge in [0.2, 0.25) is 0 Å². The molecule has 1 saturated heterocycles. The van der Waals surface area contributed by atoms with Gasteiger partial charge in [0.15, 0.2) is 5.82 Å². The van der Waals surface area contributed by atoms with Crippen molar-refractivity contribution in [3.05, 3.63) is 77.1 Å². The first kappa shape index (κ1) is 27.8. The van der Waals surface area contributed by atoms with Gasteiger partial charge in [-0.25, -0.2) is 14.8 Å². The number of aromatic nitrogens is 2. The summed E-state index contributed by atoms with van der Waals surface area (Å²) in [5, 5.41) is 0. The second-order valence-electron chi connectivity index (χ2n) is 9.38. The fraction of sp³-hybridized carbons (Fsp3) is 0.367. The summed E-state index contributed by atoms with van der Waals surface area (Å²) >= 11 is 0. The highest BCUT2D eigenvalue weighted by molar-refractivity contribution is 6.05. The largest absolute Gasteiger partial charge is 0.497 e. The van der Waals surface area contributed by atoms with Gasteiger partial charge in [0, 0.05) is 36.8 Å². The summed E-state index contributed by atoms with van der Waals surface area (Å²) < 4.78 is 10.6. The zero-order valence-electron chi connectivity index (χ0n) is 22.8. The molecule has 204 valence electrons. The monoisotopic (exact) mass is 530 g/mol. The first-order valence-corrected chi connectivity index (χ1v) is 13.3. The summed E-state index contributed by atoms with van der Waals surface area (Å²) in [5.41, 5.74) is 1.92. The number of carbonyl (C=O) groups is 3. The van der Waals surface area contributed by atoms with Crippen molar-refractivity contribution in [2.45, 2.75) is 39.7 Å². The summed E-state index contributed by atoms with van der Waals surface area (Å²) in [6.45, 7) is 6.72. The van der Waals surface area contributed by atoms with Crippen molar-refractivity contribution < 1.29 is 23.9 Å². The molecular weight excluding hydrogens is 496 g/mol. The van der Waals surface area contributed by atoms with E-state index in [0.717, 1.165) is 12.0 Å². The molecule has 0 saturated carbocycles.